The van der Waals surface area contributed by atoms with Crippen LogP contribution >= 0.6 is 12.4 Å². The number of carbonyl (C=O) groups is 1. The van der Waals surface area contributed by atoms with E-state index in [2.05, 4.69) is 20.5 Å². The molecule has 142 valence electrons. The number of nitrogens with zero attached hydrogens (tertiary/aromatic N) is 2. The molecule has 1 aliphatic rings. The van der Waals surface area contributed by atoms with Crippen molar-refractivity contribution in [2.45, 2.75) is 18.4 Å². The molecule has 3 N–H and O–H groups in total. The van der Waals surface area contributed by atoms with Crippen LogP contribution in [-0.2, 0) is 20.4 Å². The summed E-state index contributed by atoms with van der Waals surface area (Å²) in [6.07, 6.45) is 5.80. The van der Waals surface area contributed by atoms with Crippen LogP contribution in [0.4, 0.5) is 11.4 Å². The fraction of sp³-hybridized carbons (Fsp3) is 0.375. The van der Waals surface area contributed by atoms with Crippen LogP contribution in [0.25, 0.3) is 0 Å². The van der Waals surface area contributed by atoms with Crippen molar-refractivity contribution in [2.24, 2.45) is 0 Å². The molecule has 0 bridgehead atoms. The van der Waals surface area contributed by atoms with Gasteiger partial charge >= 0.3 is 0 Å². The highest BCUT2D eigenvalue weighted by Crippen LogP contribution is 2.29. The standard InChI is InChI=1S/C16H21N5O3S.ClH/c1-25(23,24)20-14-5-2-4-13(12-14)19-15(22)16(6-9-17-10-7-16)21-11-3-8-18-21;/h2-5,8,11-12,17,20H,6-7,9-10H2,1H3,(H,19,22);1H. The Hall–Kier alpha value is -2.10. The van der Waals surface area contributed by atoms with Gasteiger partial charge in [0.25, 0.3) is 5.91 Å². The second-order valence-corrected chi connectivity index (χ2v) is 7.89. The Morgan fingerprint density at radius 2 is 1.92 bits per heavy atom. The molecule has 1 saturated heterocycles. The molecule has 1 aromatic carbocycles. The predicted molar refractivity (Wildman–Crippen MR) is 103 cm³/mol. The van der Waals surface area contributed by atoms with Gasteiger partial charge in [-0.3, -0.25) is 14.2 Å². The number of anilines is 2. The fourth-order valence-electron chi connectivity index (χ4n) is 3.04. The highest BCUT2D eigenvalue weighted by atomic mass is 35.5. The van der Waals surface area contributed by atoms with E-state index in [4.69, 9.17) is 0 Å². The molecular weight excluding hydrogens is 378 g/mol. The number of carbonyl (C=O) groups excluding carboxylic acids is 1. The van der Waals surface area contributed by atoms with Crippen molar-refractivity contribution >= 4 is 39.7 Å². The maximum atomic E-state index is 13.0. The zero-order chi connectivity index (χ0) is 17.9. The zero-order valence-corrected chi connectivity index (χ0v) is 15.9. The van der Waals surface area contributed by atoms with Crippen LogP contribution in [0, 0.1) is 0 Å². The lowest BCUT2D eigenvalue weighted by Gasteiger charge is -2.36. The topological polar surface area (TPSA) is 105 Å². The average molecular weight is 400 g/mol. The highest BCUT2D eigenvalue weighted by Gasteiger charge is 2.42. The summed E-state index contributed by atoms with van der Waals surface area (Å²) in [5.74, 6) is -0.158. The first kappa shape index (κ1) is 20.2. The number of halogens is 1. The number of piperidine rings is 1. The Bertz CT molecular complexity index is 849. The summed E-state index contributed by atoms with van der Waals surface area (Å²) in [7, 11) is -3.38. The third-order valence-corrected chi connectivity index (χ3v) is 4.83. The molecule has 10 heteroatoms. The quantitative estimate of drug-likeness (QED) is 0.704. The monoisotopic (exact) mass is 399 g/mol. The molecule has 1 aromatic heterocycles. The van der Waals surface area contributed by atoms with Gasteiger partial charge in [0.1, 0.15) is 5.54 Å². The molecular formula is C16H22ClN5O3S. The number of benzene rings is 1. The van der Waals surface area contributed by atoms with E-state index < -0.39 is 15.6 Å². The van der Waals surface area contributed by atoms with Crippen molar-refractivity contribution in [1.82, 2.24) is 15.1 Å². The van der Waals surface area contributed by atoms with Gasteiger partial charge in [0.05, 0.1) is 11.9 Å². The van der Waals surface area contributed by atoms with Crippen molar-refractivity contribution in [3.05, 3.63) is 42.7 Å². The van der Waals surface area contributed by atoms with E-state index >= 15 is 0 Å². The molecule has 0 aliphatic carbocycles. The molecule has 1 aliphatic heterocycles. The minimum Gasteiger partial charge on any atom is -0.324 e. The third kappa shape index (κ3) is 4.54. The van der Waals surface area contributed by atoms with E-state index in [1.54, 1.807) is 47.4 Å². The minimum absolute atomic E-state index is 0. The van der Waals surface area contributed by atoms with Crippen LogP contribution in [0.5, 0.6) is 0 Å². The lowest BCUT2D eigenvalue weighted by atomic mass is 9.87. The van der Waals surface area contributed by atoms with Crippen LogP contribution in [0.1, 0.15) is 12.8 Å². The van der Waals surface area contributed by atoms with Crippen molar-refractivity contribution in [1.29, 1.82) is 0 Å². The van der Waals surface area contributed by atoms with E-state index in [1.165, 1.54) is 0 Å². The molecule has 0 saturated carbocycles. The molecule has 26 heavy (non-hydrogen) atoms. The van der Waals surface area contributed by atoms with Gasteiger partial charge < -0.3 is 10.6 Å². The van der Waals surface area contributed by atoms with Crippen molar-refractivity contribution in [3.63, 3.8) is 0 Å². The van der Waals surface area contributed by atoms with Gasteiger partial charge in [-0.2, -0.15) is 5.10 Å². The molecule has 0 unspecified atom stereocenters. The number of hydrogen-bond acceptors (Lipinski definition) is 5. The summed E-state index contributed by atoms with van der Waals surface area (Å²) in [4.78, 5) is 13.0. The molecule has 0 atom stereocenters. The summed E-state index contributed by atoms with van der Waals surface area (Å²) >= 11 is 0. The van der Waals surface area contributed by atoms with Crippen LogP contribution in [0.2, 0.25) is 0 Å². The molecule has 1 amide bonds. The van der Waals surface area contributed by atoms with E-state index in [0.717, 1.165) is 19.3 Å². The van der Waals surface area contributed by atoms with Gasteiger partial charge in [0.15, 0.2) is 0 Å². The Kier molecular flexibility index (Phi) is 6.27. The Balaban J connectivity index is 0.00000243. The van der Waals surface area contributed by atoms with E-state index in [9.17, 15) is 13.2 Å². The van der Waals surface area contributed by atoms with Crippen molar-refractivity contribution < 1.29 is 13.2 Å². The molecule has 3 rings (SSSR count). The lowest BCUT2D eigenvalue weighted by Crippen LogP contribution is -2.52. The third-order valence-electron chi connectivity index (χ3n) is 4.22. The van der Waals surface area contributed by atoms with Gasteiger partial charge in [0, 0.05) is 18.1 Å². The Morgan fingerprint density at radius 1 is 1.23 bits per heavy atom. The van der Waals surface area contributed by atoms with Crippen LogP contribution < -0.4 is 15.4 Å². The summed E-state index contributed by atoms with van der Waals surface area (Å²) < 4.78 is 26.9. The molecule has 2 heterocycles. The van der Waals surface area contributed by atoms with Crippen LogP contribution in [0.15, 0.2) is 42.7 Å². The maximum Gasteiger partial charge on any atom is 0.252 e. The molecule has 1 fully saturated rings. The summed E-state index contributed by atoms with van der Waals surface area (Å²) in [6, 6.07) is 8.43. The number of aromatic nitrogens is 2. The van der Waals surface area contributed by atoms with E-state index in [-0.39, 0.29) is 18.3 Å². The van der Waals surface area contributed by atoms with Crippen molar-refractivity contribution in [3.8, 4) is 0 Å². The number of rotatable bonds is 5. The second-order valence-electron chi connectivity index (χ2n) is 6.14. The van der Waals surface area contributed by atoms with Gasteiger partial charge in [-0.1, -0.05) is 6.07 Å². The zero-order valence-electron chi connectivity index (χ0n) is 14.3. The van der Waals surface area contributed by atoms with Crippen LogP contribution in [-0.4, -0.2) is 43.5 Å². The molecule has 0 radical (unpaired) electrons. The SMILES string of the molecule is CS(=O)(=O)Nc1cccc(NC(=O)C2(n3cccn3)CCNCC2)c1.Cl. The molecule has 0 spiro atoms. The first-order valence-electron chi connectivity index (χ1n) is 7.99. The highest BCUT2D eigenvalue weighted by molar-refractivity contribution is 7.92. The smallest absolute Gasteiger partial charge is 0.252 e. The first-order valence-corrected chi connectivity index (χ1v) is 9.88. The molecule has 2 aromatic rings. The Morgan fingerprint density at radius 3 is 2.54 bits per heavy atom. The van der Waals surface area contributed by atoms with E-state index in [1.807, 2.05) is 0 Å². The predicted octanol–water partition coefficient (Wildman–Crippen LogP) is 1.39. The van der Waals surface area contributed by atoms with E-state index in [0.29, 0.717) is 24.2 Å². The van der Waals surface area contributed by atoms with Gasteiger partial charge in [0.2, 0.25) is 10.0 Å². The fourth-order valence-corrected chi connectivity index (χ4v) is 3.60. The average Bonchev–Trinajstić information content (AvgIpc) is 3.09. The summed E-state index contributed by atoms with van der Waals surface area (Å²) in [5, 5.41) is 10.4. The number of amides is 1. The largest absolute Gasteiger partial charge is 0.324 e. The number of sulfonamides is 1. The summed E-state index contributed by atoms with van der Waals surface area (Å²) in [6.45, 7) is 1.45. The lowest BCUT2D eigenvalue weighted by molar-refractivity contribution is -0.126. The van der Waals surface area contributed by atoms with Crippen LogP contribution in [0.3, 0.4) is 0 Å². The van der Waals surface area contributed by atoms with Gasteiger partial charge in [-0.15, -0.1) is 12.4 Å². The first-order chi connectivity index (χ1) is 11.9. The summed E-state index contributed by atoms with van der Waals surface area (Å²) in [5.41, 5.74) is 0.178. The van der Waals surface area contributed by atoms with Gasteiger partial charge in [-0.05, 0) is 50.2 Å². The number of nitrogens with one attached hydrogen (secondary N) is 3. The second kappa shape index (κ2) is 8.07. The normalized spacial score (nSPS) is 16.3. The number of hydrogen-bond donors (Lipinski definition) is 3. The Labute approximate surface area is 158 Å². The van der Waals surface area contributed by atoms with Gasteiger partial charge in [-0.25, -0.2) is 8.42 Å². The minimum atomic E-state index is -3.38. The molecule has 8 nitrogen and oxygen atoms in total. The maximum absolute atomic E-state index is 13.0. The van der Waals surface area contributed by atoms with Crippen molar-refractivity contribution in [2.75, 3.05) is 29.4 Å².